The predicted molar refractivity (Wildman–Crippen MR) is 111 cm³/mol. The van der Waals surface area contributed by atoms with Crippen molar-refractivity contribution in [2.45, 2.75) is 6.54 Å². The van der Waals surface area contributed by atoms with Gasteiger partial charge in [0.2, 0.25) is 0 Å². The highest BCUT2D eigenvalue weighted by Crippen LogP contribution is 2.23. The van der Waals surface area contributed by atoms with E-state index in [4.69, 9.17) is 27.9 Å². The van der Waals surface area contributed by atoms with Gasteiger partial charge >= 0.3 is 5.97 Å². The monoisotopic (exact) mass is 444 g/mol. The predicted octanol–water partition coefficient (Wildman–Crippen LogP) is 4.02. The standard InChI is InChI=1S/C18H18Cl2N2O3S2/c19-15-4-1-13(26-15)3-6-18(24)25-12-17(23)22-9-7-21(8-10-22)11-14-2-5-16(20)27-14/h1-6H,7-12H2/b6-3+. The second-order valence-electron chi connectivity index (χ2n) is 5.95. The molecule has 5 nitrogen and oxygen atoms in total. The Morgan fingerprint density at radius 3 is 2.37 bits per heavy atom. The first-order chi connectivity index (χ1) is 13.0. The van der Waals surface area contributed by atoms with E-state index in [0.29, 0.717) is 17.4 Å². The Kier molecular flexibility index (Phi) is 7.32. The van der Waals surface area contributed by atoms with E-state index in [1.165, 1.54) is 22.3 Å². The van der Waals surface area contributed by atoms with Crippen molar-refractivity contribution in [1.82, 2.24) is 9.80 Å². The molecule has 2 aromatic heterocycles. The van der Waals surface area contributed by atoms with Gasteiger partial charge in [-0.3, -0.25) is 9.69 Å². The van der Waals surface area contributed by atoms with Crippen LogP contribution in [0.5, 0.6) is 0 Å². The lowest BCUT2D eigenvalue weighted by molar-refractivity contribution is -0.149. The molecule has 0 spiro atoms. The molecule has 0 saturated carbocycles. The van der Waals surface area contributed by atoms with Crippen LogP contribution in [0.15, 0.2) is 30.3 Å². The second-order valence-corrected chi connectivity index (χ2v) is 9.49. The van der Waals surface area contributed by atoms with E-state index in [-0.39, 0.29) is 12.5 Å². The molecule has 1 amide bonds. The lowest BCUT2D eigenvalue weighted by Crippen LogP contribution is -2.49. The van der Waals surface area contributed by atoms with Crippen molar-refractivity contribution >= 4 is 63.8 Å². The van der Waals surface area contributed by atoms with Gasteiger partial charge in [0.05, 0.1) is 8.67 Å². The molecule has 3 heterocycles. The molecule has 0 aliphatic carbocycles. The van der Waals surface area contributed by atoms with Crippen LogP contribution in [0.25, 0.3) is 6.08 Å². The SMILES string of the molecule is O=C(/C=C/c1ccc(Cl)s1)OCC(=O)N1CCN(Cc2ccc(Cl)s2)CC1. The zero-order valence-corrected chi connectivity index (χ0v) is 17.5. The second kappa shape index (κ2) is 9.71. The van der Waals surface area contributed by atoms with E-state index in [0.717, 1.165) is 28.8 Å². The van der Waals surface area contributed by atoms with E-state index >= 15 is 0 Å². The molecule has 9 heteroatoms. The number of hydrogen-bond donors (Lipinski definition) is 0. The van der Waals surface area contributed by atoms with Crippen molar-refractivity contribution in [2.24, 2.45) is 0 Å². The lowest BCUT2D eigenvalue weighted by atomic mass is 10.3. The van der Waals surface area contributed by atoms with Crippen molar-refractivity contribution < 1.29 is 14.3 Å². The number of nitrogens with zero attached hydrogens (tertiary/aromatic N) is 2. The summed E-state index contributed by atoms with van der Waals surface area (Å²) < 4.78 is 6.48. The topological polar surface area (TPSA) is 49.9 Å². The zero-order valence-electron chi connectivity index (χ0n) is 14.4. The molecule has 0 N–H and O–H groups in total. The molecular weight excluding hydrogens is 427 g/mol. The van der Waals surface area contributed by atoms with Gasteiger partial charge in [0.25, 0.3) is 5.91 Å². The van der Waals surface area contributed by atoms with Gasteiger partial charge in [0.1, 0.15) is 0 Å². The van der Waals surface area contributed by atoms with Crippen LogP contribution < -0.4 is 0 Å². The van der Waals surface area contributed by atoms with Gasteiger partial charge in [0.15, 0.2) is 6.61 Å². The Bertz CT molecular complexity index is 826. The summed E-state index contributed by atoms with van der Waals surface area (Å²) in [5.74, 6) is -0.712. The fourth-order valence-corrected chi connectivity index (χ4v) is 4.75. The Hall–Kier alpha value is -1.38. The van der Waals surface area contributed by atoms with Crippen LogP contribution in [0, 0.1) is 0 Å². The maximum Gasteiger partial charge on any atom is 0.331 e. The van der Waals surface area contributed by atoms with Gasteiger partial charge in [-0.25, -0.2) is 4.79 Å². The molecule has 1 aliphatic rings. The van der Waals surface area contributed by atoms with Crippen LogP contribution in [-0.2, 0) is 20.9 Å². The molecular formula is C18H18Cl2N2O3S2. The minimum atomic E-state index is -0.541. The average Bonchev–Trinajstić information content (AvgIpc) is 3.26. The number of ether oxygens (including phenoxy) is 1. The van der Waals surface area contributed by atoms with Gasteiger partial charge in [-0.15, -0.1) is 22.7 Å². The third-order valence-corrected chi connectivity index (χ3v) is 6.46. The first-order valence-corrected chi connectivity index (χ1v) is 10.7. The van der Waals surface area contributed by atoms with Crippen LogP contribution in [-0.4, -0.2) is 54.5 Å². The van der Waals surface area contributed by atoms with E-state index in [1.54, 1.807) is 28.4 Å². The Morgan fingerprint density at radius 1 is 1.04 bits per heavy atom. The largest absolute Gasteiger partial charge is 0.452 e. The maximum atomic E-state index is 12.2. The molecule has 144 valence electrons. The Morgan fingerprint density at radius 2 is 1.74 bits per heavy atom. The third kappa shape index (κ3) is 6.33. The molecule has 2 aromatic rings. The zero-order chi connectivity index (χ0) is 19.2. The lowest BCUT2D eigenvalue weighted by Gasteiger charge is -2.34. The van der Waals surface area contributed by atoms with Gasteiger partial charge in [-0.1, -0.05) is 23.2 Å². The molecule has 1 fully saturated rings. The van der Waals surface area contributed by atoms with Gasteiger partial charge < -0.3 is 9.64 Å². The highest BCUT2D eigenvalue weighted by molar-refractivity contribution is 7.17. The molecule has 3 rings (SSSR count). The van der Waals surface area contributed by atoms with Crippen LogP contribution in [0.4, 0.5) is 0 Å². The molecule has 0 aromatic carbocycles. The van der Waals surface area contributed by atoms with Crippen LogP contribution in [0.2, 0.25) is 8.67 Å². The van der Waals surface area contributed by atoms with Crippen molar-refractivity contribution in [3.05, 3.63) is 48.8 Å². The van der Waals surface area contributed by atoms with Crippen molar-refractivity contribution in [3.8, 4) is 0 Å². The molecule has 0 bridgehead atoms. The maximum absolute atomic E-state index is 12.2. The Labute approximate surface area is 175 Å². The van der Waals surface area contributed by atoms with Crippen molar-refractivity contribution in [2.75, 3.05) is 32.8 Å². The third-order valence-electron chi connectivity index (χ3n) is 4.05. The molecule has 0 atom stereocenters. The highest BCUT2D eigenvalue weighted by Gasteiger charge is 2.22. The van der Waals surface area contributed by atoms with Crippen LogP contribution in [0.1, 0.15) is 9.75 Å². The summed E-state index contributed by atoms with van der Waals surface area (Å²) in [6, 6.07) is 7.50. The molecule has 1 saturated heterocycles. The fourth-order valence-electron chi connectivity index (χ4n) is 2.65. The fraction of sp³-hybridized carbons (Fsp3) is 0.333. The summed E-state index contributed by atoms with van der Waals surface area (Å²) >= 11 is 14.7. The first kappa shape index (κ1) is 20.4. The van der Waals surface area contributed by atoms with Gasteiger partial charge in [-0.05, 0) is 30.3 Å². The number of thiophene rings is 2. The smallest absolute Gasteiger partial charge is 0.331 e. The molecule has 0 radical (unpaired) electrons. The van der Waals surface area contributed by atoms with E-state index < -0.39 is 5.97 Å². The molecule has 0 unspecified atom stereocenters. The summed E-state index contributed by atoms with van der Waals surface area (Å²) in [6.45, 7) is 3.42. The van der Waals surface area contributed by atoms with E-state index in [9.17, 15) is 9.59 Å². The number of rotatable bonds is 6. The number of carbonyl (C=O) groups is 2. The molecule has 1 aliphatic heterocycles. The number of esters is 1. The normalized spacial score (nSPS) is 15.4. The minimum Gasteiger partial charge on any atom is -0.452 e. The van der Waals surface area contributed by atoms with Crippen molar-refractivity contribution in [1.29, 1.82) is 0 Å². The minimum absolute atomic E-state index is 0.172. The molecule has 27 heavy (non-hydrogen) atoms. The van der Waals surface area contributed by atoms with Crippen molar-refractivity contribution in [3.63, 3.8) is 0 Å². The quantitative estimate of drug-likeness (QED) is 0.498. The summed E-state index contributed by atoms with van der Waals surface area (Å²) in [5, 5.41) is 0. The number of hydrogen-bond acceptors (Lipinski definition) is 6. The van der Waals surface area contributed by atoms with Crippen LogP contribution in [0.3, 0.4) is 0 Å². The first-order valence-electron chi connectivity index (χ1n) is 8.34. The highest BCUT2D eigenvalue weighted by atomic mass is 35.5. The number of halogens is 2. The number of amides is 1. The van der Waals surface area contributed by atoms with Gasteiger partial charge in [-0.2, -0.15) is 0 Å². The summed E-state index contributed by atoms with van der Waals surface area (Å²) in [5.41, 5.74) is 0. The summed E-state index contributed by atoms with van der Waals surface area (Å²) in [4.78, 5) is 30.0. The summed E-state index contributed by atoms with van der Waals surface area (Å²) in [6.07, 6.45) is 2.93. The number of piperazine rings is 1. The average molecular weight is 445 g/mol. The summed E-state index contributed by atoms with van der Waals surface area (Å²) in [7, 11) is 0. The van der Waals surface area contributed by atoms with E-state index in [2.05, 4.69) is 4.90 Å². The van der Waals surface area contributed by atoms with E-state index in [1.807, 2.05) is 18.2 Å². The van der Waals surface area contributed by atoms with Crippen LogP contribution >= 0.6 is 45.9 Å². The number of carbonyl (C=O) groups excluding carboxylic acids is 2. The Balaban J connectivity index is 1.37. The van der Waals surface area contributed by atoms with Gasteiger partial charge in [0, 0.05) is 48.6 Å².